The van der Waals surface area contributed by atoms with Crippen LogP contribution in [-0.4, -0.2) is 138 Å². The molecule has 0 aromatic rings. The lowest BCUT2D eigenvalue weighted by Gasteiger charge is -2.49. The van der Waals surface area contributed by atoms with Crippen LogP contribution in [0.4, 0.5) is 0 Å². The third kappa shape index (κ3) is 10.1. The van der Waals surface area contributed by atoms with Crippen molar-refractivity contribution in [1.82, 2.24) is 4.90 Å². The van der Waals surface area contributed by atoms with Gasteiger partial charge < -0.3 is 53.7 Å². The first kappa shape index (κ1) is 44.1. The molecule has 3 aliphatic heterocycles. The highest BCUT2D eigenvalue weighted by atomic mass is 16.7. The summed E-state index contributed by atoms with van der Waals surface area (Å²) >= 11 is 0. The van der Waals surface area contributed by atoms with E-state index >= 15 is 0 Å². The summed E-state index contributed by atoms with van der Waals surface area (Å²) < 4.78 is 37.8. The van der Waals surface area contributed by atoms with Crippen molar-refractivity contribution in [3.63, 3.8) is 0 Å². The summed E-state index contributed by atoms with van der Waals surface area (Å²) in [5.74, 6) is -4.05. The van der Waals surface area contributed by atoms with Crippen LogP contribution in [0.3, 0.4) is 0 Å². The standard InChI is InChI=1S/C38H69NO12/c1-14-27-21(4)30(41)22(5)29(40)19(2)16-37(9,18-46-13)34(51-36-31(42)26(39(11)12)15-20(3)47-36)23(6)32(24(7)35(44)49-27)50-28-17-38(10,45)33(43)25(8)48-28/h19-28,30-34,36,41-43,45H,14-18H2,1-13H3/t19-,20-,21+,22+,23+,24-,25+,26+,27-,28+,30+,31-,32+,33+,34-,36+,37+,38-/m1/s1. The van der Waals surface area contributed by atoms with Gasteiger partial charge in [0.15, 0.2) is 12.6 Å². The van der Waals surface area contributed by atoms with Crippen molar-refractivity contribution < 1.29 is 58.4 Å². The number of ketones is 1. The van der Waals surface area contributed by atoms with Crippen LogP contribution in [0, 0.1) is 35.0 Å². The van der Waals surface area contributed by atoms with E-state index in [9.17, 15) is 30.0 Å². The zero-order chi connectivity index (χ0) is 38.7. The Morgan fingerprint density at radius 1 is 0.882 bits per heavy atom. The third-order valence-corrected chi connectivity index (χ3v) is 11.9. The van der Waals surface area contributed by atoms with E-state index in [4.69, 9.17) is 28.4 Å². The fourth-order valence-electron chi connectivity index (χ4n) is 8.81. The smallest absolute Gasteiger partial charge is 0.311 e. The maximum Gasteiger partial charge on any atom is 0.311 e. The Hall–Kier alpha value is -1.26. The van der Waals surface area contributed by atoms with Crippen LogP contribution in [0.2, 0.25) is 0 Å². The number of cyclic esters (lactones) is 1. The molecule has 13 nitrogen and oxygen atoms in total. The van der Waals surface area contributed by atoms with Crippen LogP contribution in [0.1, 0.15) is 94.9 Å². The van der Waals surface area contributed by atoms with Crippen molar-refractivity contribution in [2.24, 2.45) is 35.0 Å². The minimum Gasteiger partial charge on any atom is -0.462 e. The Morgan fingerprint density at radius 2 is 1.51 bits per heavy atom. The Labute approximate surface area is 305 Å². The molecule has 3 aliphatic rings. The first-order valence-corrected chi connectivity index (χ1v) is 18.9. The summed E-state index contributed by atoms with van der Waals surface area (Å²) in [4.78, 5) is 30.1. The lowest BCUT2D eigenvalue weighted by atomic mass is 9.68. The molecule has 0 saturated carbocycles. The van der Waals surface area contributed by atoms with E-state index < -0.39 is 102 Å². The van der Waals surface area contributed by atoms with Crippen LogP contribution in [0.15, 0.2) is 0 Å². The zero-order valence-electron chi connectivity index (χ0n) is 33.3. The molecule has 3 saturated heterocycles. The number of Topliss-reactive ketones (excluding diaryl/α,β-unsaturated/α-hetero) is 1. The van der Waals surface area contributed by atoms with Crippen molar-refractivity contribution in [3.05, 3.63) is 0 Å². The number of methoxy groups -OCH3 is 1. The summed E-state index contributed by atoms with van der Waals surface area (Å²) in [5, 5.41) is 44.8. The number of carbonyl (C=O) groups is 2. The molecule has 298 valence electrons. The molecule has 0 radical (unpaired) electrons. The van der Waals surface area contributed by atoms with Gasteiger partial charge in [0.05, 0.1) is 48.6 Å². The van der Waals surface area contributed by atoms with Crippen LogP contribution >= 0.6 is 0 Å². The third-order valence-electron chi connectivity index (χ3n) is 11.9. The topological polar surface area (TPSA) is 174 Å². The van der Waals surface area contributed by atoms with E-state index in [0.717, 1.165) is 0 Å². The largest absolute Gasteiger partial charge is 0.462 e. The lowest BCUT2D eigenvalue weighted by molar-refractivity contribution is -0.313. The van der Waals surface area contributed by atoms with Gasteiger partial charge in [-0.3, -0.25) is 9.59 Å². The minimum atomic E-state index is -1.53. The number of aliphatic hydroxyl groups is 4. The van der Waals surface area contributed by atoms with Gasteiger partial charge in [0.25, 0.3) is 0 Å². The first-order chi connectivity index (χ1) is 23.6. The summed E-state index contributed by atoms with van der Waals surface area (Å²) in [6.45, 7) is 18.0. The zero-order valence-corrected chi connectivity index (χ0v) is 33.3. The lowest BCUT2D eigenvalue weighted by Crippen LogP contribution is -2.59. The van der Waals surface area contributed by atoms with Gasteiger partial charge in [-0.05, 0) is 61.1 Å². The summed E-state index contributed by atoms with van der Waals surface area (Å²) in [5.41, 5.74) is -2.44. The highest BCUT2D eigenvalue weighted by Crippen LogP contribution is 2.43. The maximum absolute atomic E-state index is 14.1. The Morgan fingerprint density at radius 3 is 2.06 bits per heavy atom. The first-order valence-electron chi connectivity index (χ1n) is 18.9. The molecule has 0 amide bonds. The number of carbonyl (C=O) groups excluding carboxylic acids is 2. The number of hydrogen-bond donors (Lipinski definition) is 4. The quantitative estimate of drug-likeness (QED) is 0.269. The predicted octanol–water partition coefficient (Wildman–Crippen LogP) is 2.92. The molecule has 0 spiro atoms. The molecular formula is C38H69NO12. The average molecular weight is 732 g/mol. The van der Waals surface area contributed by atoms with Crippen molar-refractivity contribution in [1.29, 1.82) is 0 Å². The van der Waals surface area contributed by atoms with Crippen LogP contribution in [0.5, 0.6) is 0 Å². The monoisotopic (exact) mass is 731 g/mol. The van der Waals surface area contributed by atoms with Gasteiger partial charge in [-0.1, -0.05) is 41.5 Å². The predicted molar refractivity (Wildman–Crippen MR) is 189 cm³/mol. The molecule has 0 unspecified atom stereocenters. The molecule has 4 N–H and O–H groups in total. The van der Waals surface area contributed by atoms with E-state index in [0.29, 0.717) is 12.8 Å². The fraction of sp³-hybridized carbons (Fsp3) is 0.947. The molecule has 13 heteroatoms. The Bertz CT molecular complexity index is 1140. The normalized spacial score (nSPS) is 48.3. The minimum absolute atomic E-state index is 0.0684. The number of hydrogen-bond acceptors (Lipinski definition) is 13. The van der Waals surface area contributed by atoms with Crippen LogP contribution < -0.4 is 0 Å². The van der Waals surface area contributed by atoms with Gasteiger partial charge in [-0.25, -0.2) is 0 Å². The molecule has 0 aliphatic carbocycles. The van der Waals surface area contributed by atoms with Gasteiger partial charge >= 0.3 is 5.97 Å². The Kier molecular flexibility index (Phi) is 15.5. The molecule has 0 aromatic carbocycles. The van der Waals surface area contributed by atoms with Gasteiger partial charge in [0.1, 0.15) is 24.1 Å². The summed E-state index contributed by atoms with van der Waals surface area (Å²) in [6.07, 6.45) is -7.56. The van der Waals surface area contributed by atoms with E-state index in [-0.39, 0.29) is 37.4 Å². The molecule has 51 heavy (non-hydrogen) atoms. The summed E-state index contributed by atoms with van der Waals surface area (Å²) in [7, 11) is 5.35. The molecule has 3 heterocycles. The van der Waals surface area contributed by atoms with Crippen LogP contribution in [0.25, 0.3) is 0 Å². The molecular weight excluding hydrogens is 662 g/mol. The summed E-state index contributed by atoms with van der Waals surface area (Å²) in [6, 6.07) is -0.260. The Balaban J connectivity index is 2.21. The SMILES string of the molecule is CC[C@H]1OC(=O)[C@H](C)[C@@H](O[C@H]2C[C@@](C)(O)[C@@H](O)[C@H](C)O2)[C@H](C)[C@@H](O[C@@H]2O[C@H](C)C[C@H](N(C)C)[C@H]2O)[C@](C)(COC)C[C@@H](C)C(=O)[C@H](C)[C@@H](O)[C@H]1C. The van der Waals surface area contributed by atoms with E-state index in [1.165, 1.54) is 6.92 Å². The number of esters is 1. The number of ether oxygens (including phenoxy) is 6. The maximum atomic E-state index is 14.1. The van der Waals surface area contributed by atoms with E-state index in [1.54, 1.807) is 34.8 Å². The highest BCUT2D eigenvalue weighted by Gasteiger charge is 2.52. The molecule has 18 atom stereocenters. The average Bonchev–Trinajstić information content (AvgIpc) is 3.05. The van der Waals surface area contributed by atoms with Gasteiger partial charge in [0.2, 0.25) is 0 Å². The number of rotatable bonds is 8. The molecule has 0 bridgehead atoms. The van der Waals surface area contributed by atoms with Crippen molar-refractivity contribution >= 4 is 11.8 Å². The van der Waals surface area contributed by atoms with Crippen molar-refractivity contribution in [3.8, 4) is 0 Å². The fourth-order valence-corrected chi connectivity index (χ4v) is 8.81. The van der Waals surface area contributed by atoms with Gasteiger partial charge in [-0.15, -0.1) is 0 Å². The number of aliphatic hydroxyl groups excluding tert-OH is 3. The second-order valence-electron chi connectivity index (χ2n) is 16.8. The van der Waals surface area contributed by atoms with Crippen molar-refractivity contribution in [2.45, 2.75) is 168 Å². The second-order valence-corrected chi connectivity index (χ2v) is 16.8. The number of likely N-dealkylation sites (N-methyl/N-ethyl adjacent to an activating group) is 1. The molecule has 0 aromatic heterocycles. The van der Waals surface area contributed by atoms with Crippen molar-refractivity contribution in [2.75, 3.05) is 27.8 Å². The number of nitrogens with zero attached hydrogens (tertiary/aromatic N) is 1. The van der Waals surface area contributed by atoms with Gasteiger partial charge in [-0.2, -0.15) is 0 Å². The van der Waals surface area contributed by atoms with Crippen LogP contribution in [-0.2, 0) is 38.0 Å². The van der Waals surface area contributed by atoms with E-state index in [1.807, 2.05) is 53.6 Å². The molecule has 3 fully saturated rings. The molecule has 3 rings (SSSR count). The second kappa shape index (κ2) is 17.9. The van der Waals surface area contributed by atoms with E-state index in [2.05, 4.69) is 0 Å². The highest BCUT2D eigenvalue weighted by molar-refractivity contribution is 5.83. The van der Waals surface area contributed by atoms with Gasteiger partial charge in [0, 0.05) is 48.7 Å².